The molecular formula is C23H31N3O3S. The van der Waals surface area contributed by atoms with Crippen LogP contribution >= 0.6 is 0 Å². The molecule has 0 saturated carbocycles. The van der Waals surface area contributed by atoms with E-state index in [9.17, 15) is 13.2 Å². The highest BCUT2D eigenvalue weighted by Gasteiger charge is 2.25. The first-order valence-corrected chi connectivity index (χ1v) is 12.2. The van der Waals surface area contributed by atoms with E-state index in [2.05, 4.69) is 41.4 Å². The third-order valence-corrected chi connectivity index (χ3v) is 6.85. The highest BCUT2D eigenvalue weighted by molar-refractivity contribution is 7.92. The number of hydrogen-bond donors (Lipinski definition) is 1. The first-order chi connectivity index (χ1) is 14.2. The van der Waals surface area contributed by atoms with Crippen molar-refractivity contribution in [2.45, 2.75) is 32.2 Å². The van der Waals surface area contributed by atoms with Gasteiger partial charge >= 0.3 is 0 Å². The molecule has 1 amide bonds. The van der Waals surface area contributed by atoms with E-state index in [4.69, 9.17) is 0 Å². The maximum Gasteiger partial charge on any atom is 0.251 e. The van der Waals surface area contributed by atoms with Gasteiger partial charge in [0.25, 0.3) is 5.91 Å². The number of aryl methyl sites for hydroxylation is 2. The van der Waals surface area contributed by atoms with Gasteiger partial charge in [0.05, 0.1) is 18.0 Å². The zero-order valence-corrected chi connectivity index (χ0v) is 19.0. The van der Waals surface area contributed by atoms with Gasteiger partial charge in [-0.15, -0.1) is 0 Å². The standard InChI is InChI=1S/C23H31N3O3S/c1-5-17-8-10-18(11-9-17)22(25(2)3)16-24-23(27)20-12-13-21-19(15-20)7-6-14-26(21)30(4,28)29/h8-13,15,22H,5-7,14,16H2,1-4H3,(H,24,27)/t22-/m0/s1. The molecule has 0 aliphatic carbocycles. The minimum Gasteiger partial charge on any atom is -0.350 e. The van der Waals surface area contributed by atoms with E-state index >= 15 is 0 Å². The summed E-state index contributed by atoms with van der Waals surface area (Å²) in [4.78, 5) is 14.9. The molecule has 162 valence electrons. The maximum atomic E-state index is 12.8. The Kier molecular flexibility index (Phi) is 6.83. The lowest BCUT2D eigenvalue weighted by atomic mass is 10.00. The molecule has 0 aromatic heterocycles. The number of anilines is 1. The van der Waals surface area contributed by atoms with Crippen molar-refractivity contribution in [1.82, 2.24) is 10.2 Å². The largest absolute Gasteiger partial charge is 0.350 e. The fraction of sp³-hybridized carbons (Fsp3) is 0.435. The van der Waals surface area contributed by atoms with E-state index in [1.54, 1.807) is 12.1 Å². The van der Waals surface area contributed by atoms with Crippen molar-refractivity contribution < 1.29 is 13.2 Å². The zero-order chi connectivity index (χ0) is 21.9. The number of carbonyl (C=O) groups excluding carboxylic acids is 1. The summed E-state index contributed by atoms with van der Waals surface area (Å²) in [5, 5.41) is 3.04. The number of sulfonamides is 1. The molecule has 1 aliphatic rings. The van der Waals surface area contributed by atoms with E-state index in [-0.39, 0.29) is 11.9 Å². The number of benzene rings is 2. The Labute approximate surface area is 179 Å². The molecular weight excluding hydrogens is 398 g/mol. The van der Waals surface area contributed by atoms with Crippen molar-refractivity contribution >= 4 is 21.6 Å². The molecule has 2 aromatic carbocycles. The minimum atomic E-state index is -3.31. The van der Waals surface area contributed by atoms with Crippen LogP contribution in [-0.4, -0.2) is 52.7 Å². The zero-order valence-electron chi connectivity index (χ0n) is 18.2. The van der Waals surface area contributed by atoms with Gasteiger partial charge in [0, 0.05) is 18.7 Å². The molecule has 6 nitrogen and oxygen atoms in total. The van der Waals surface area contributed by atoms with Gasteiger partial charge in [-0.1, -0.05) is 31.2 Å². The van der Waals surface area contributed by atoms with E-state index < -0.39 is 10.0 Å². The van der Waals surface area contributed by atoms with Gasteiger partial charge in [0.15, 0.2) is 0 Å². The van der Waals surface area contributed by atoms with Crippen LogP contribution in [0, 0.1) is 0 Å². The first-order valence-electron chi connectivity index (χ1n) is 10.3. The lowest BCUT2D eigenvalue weighted by Crippen LogP contribution is -2.36. The highest BCUT2D eigenvalue weighted by atomic mass is 32.2. The average Bonchev–Trinajstić information content (AvgIpc) is 2.72. The number of hydrogen-bond acceptors (Lipinski definition) is 4. The van der Waals surface area contributed by atoms with Crippen LogP contribution in [0.4, 0.5) is 5.69 Å². The van der Waals surface area contributed by atoms with E-state index in [1.807, 2.05) is 20.2 Å². The molecule has 0 radical (unpaired) electrons. The molecule has 7 heteroatoms. The van der Waals surface area contributed by atoms with Gasteiger partial charge in [-0.3, -0.25) is 9.10 Å². The molecule has 0 saturated heterocycles. The summed E-state index contributed by atoms with van der Waals surface area (Å²) in [6.45, 7) is 3.11. The van der Waals surface area contributed by atoms with E-state index in [1.165, 1.54) is 16.1 Å². The van der Waals surface area contributed by atoms with Crippen molar-refractivity contribution in [3.8, 4) is 0 Å². The van der Waals surface area contributed by atoms with Gasteiger partial charge in [-0.25, -0.2) is 8.42 Å². The lowest BCUT2D eigenvalue weighted by molar-refractivity contribution is 0.0942. The van der Waals surface area contributed by atoms with Gasteiger partial charge in [0.2, 0.25) is 10.0 Å². The monoisotopic (exact) mass is 429 g/mol. The summed E-state index contributed by atoms with van der Waals surface area (Å²) in [6.07, 6.45) is 3.74. The van der Waals surface area contributed by atoms with Crippen LogP contribution in [0.1, 0.15) is 46.4 Å². The van der Waals surface area contributed by atoms with Gasteiger partial charge in [-0.2, -0.15) is 0 Å². The number of nitrogens with one attached hydrogen (secondary N) is 1. The molecule has 30 heavy (non-hydrogen) atoms. The SMILES string of the molecule is CCc1ccc([C@H](CNC(=O)c2ccc3c(c2)CCCN3S(C)(=O)=O)N(C)C)cc1. The molecule has 3 rings (SSSR count). The second-order valence-electron chi connectivity index (χ2n) is 8.07. The third kappa shape index (κ3) is 5.02. The van der Waals surface area contributed by atoms with Crippen molar-refractivity contribution in [3.63, 3.8) is 0 Å². The number of carbonyl (C=O) groups is 1. The lowest BCUT2D eigenvalue weighted by Gasteiger charge is -2.29. The number of fused-ring (bicyclic) bond motifs is 1. The molecule has 1 aliphatic heterocycles. The summed E-state index contributed by atoms with van der Waals surface area (Å²) in [6, 6.07) is 13.8. The van der Waals surface area contributed by atoms with Crippen LogP contribution in [0.5, 0.6) is 0 Å². The predicted octanol–water partition coefficient (Wildman–Crippen LogP) is 2.99. The molecule has 0 bridgehead atoms. The second kappa shape index (κ2) is 9.18. The van der Waals surface area contributed by atoms with Crippen LogP contribution in [0.2, 0.25) is 0 Å². The van der Waals surface area contributed by atoms with Crippen LogP contribution < -0.4 is 9.62 Å². The Hall–Kier alpha value is -2.38. The summed E-state index contributed by atoms with van der Waals surface area (Å²) in [5.41, 5.74) is 4.59. The molecule has 1 N–H and O–H groups in total. The Balaban J connectivity index is 1.73. The third-order valence-electron chi connectivity index (χ3n) is 5.67. The topological polar surface area (TPSA) is 69.7 Å². The van der Waals surface area contributed by atoms with Crippen molar-refractivity contribution in [1.29, 1.82) is 0 Å². The first kappa shape index (κ1) is 22.3. The molecule has 0 unspecified atom stereocenters. The van der Waals surface area contributed by atoms with Crippen LogP contribution in [0.3, 0.4) is 0 Å². The maximum absolute atomic E-state index is 12.8. The van der Waals surface area contributed by atoms with Gasteiger partial charge in [-0.05, 0) is 68.2 Å². The fourth-order valence-electron chi connectivity index (χ4n) is 3.91. The van der Waals surface area contributed by atoms with Crippen molar-refractivity contribution in [3.05, 3.63) is 64.7 Å². The second-order valence-corrected chi connectivity index (χ2v) is 9.97. The molecule has 1 atom stereocenters. The van der Waals surface area contributed by atoms with Crippen LogP contribution in [-0.2, 0) is 22.9 Å². The van der Waals surface area contributed by atoms with Gasteiger partial charge in [0.1, 0.15) is 0 Å². The van der Waals surface area contributed by atoms with Crippen molar-refractivity contribution in [2.24, 2.45) is 0 Å². The summed E-state index contributed by atoms with van der Waals surface area (Å²) >= 11 is 0. The van der Waals surface area contributed by atoms with E-state index in [0.29, 0.717) is 24.3 Å². The quantitative estimate of drug-likeness (QED) is 0.735. The van der Waals surface area contributed by atoms with E-state index in [0.717, 1.165) is 30.4 Å². The van der Waals surface area contributed by atoms with Gasteiger partial charge < -0.3 is 10.2 Å². The molecule has 1 heterocycles. The summed E-state index contributed by atoms with van der Waals surface area (Å²) in [7, 11) is 0.695. The fourth-order valence-corrected chi connectivity index (χ4v) is 4.91. The Morgan fingerprint density at radius 2 is 1.87 bits per heavy atom. The Bertz CT molecular complexity index is 1000. The molecule has 0 fully saturated rings. The normalized spacial score (nSPS) is 15.0. The summed E-state index contributed by atoms with van der Waals surface area (Å²) < 4.78 is 25.5. The minimum absolute atomic E-state index is 0.0678. The summed E-state index contributed by atoms with van der Waals surface area (Å²) in [5.74, 6) is -0.147. The number of likely N-dealkylation sites (N-methyl/N-ethyl adjacent to an activating group) is 1. The molecule has 0 spiro atoms. The highest BCUT2D eigenvalue weighted by Crippen LogP contribution is 2.30. The smallest absolute Gasteiger partial charge is 0.251 e. The number of amides is 1. The predicted molar refractivity (Wildman–Crippen MR) is 122 cm³/mol. The van der Waals surface area contributed by atoms with Crippen LogP contribution in [0.25, 0.3) is 0 Å². The van der Waals surface area contributed by atoms with Crippen LogP contribution in [0.15, 0.2) is 42.5 Å². The Morgan fingerprint density at radius 3 is 2.47 bits per heavy atom. The number of rotatable bonds is 7. The van der Waals surface area contributed by atoms with Crippen molar-refractivity contribution in [2.75, 3.05) is 37.7 Å². The Morgan fingerprint density at radius 1 is 1.17 bits per heavy atom. The average molecular weight is 430 g/mol. The number of nitrogens with zero attached hydrogens (tertiary/aromatic N) is 2. The molecule has 2 aromatic rings.